The lowest BCUT2D eigenvalue weighted by atomic mass is 9.90. The largest absolute Gasteiger partial charge is 0.493 e. The summed E-state index contributed by atoms with van der Waals surface area (Å²) in [6.45, 7) is 6.27. The smallest absolute Gasteiger partial charge is 0.410 e. The summed E-state index contributed by atoms with van der Waals surface area (Å²) in [5.41, 5.74) is 1.74. The van der Waals surface area contributed by atoms with Crippen LogP contribution in [-0.4, -0.2) is 42.7 Å². The summed E-state index contributed by atoms with van der Waals surface area (Å²) >= 11 is 3.40. The highest BCUT2D eigenvalue weighted by Gasteiger charge is 2.34. The molecule has 0 bridgehead atoms. The number of nitrogens with zero attached hydrogens (tertiary/aromatic N) is 1. The number of methoxy groups -OCH3 is 2. The Morgan fingerprint density at radius 3 is 2.46 bits per heavy atom. The monoisotopic (exact) mass is 425 g/mol. The number of halogens is 1. The van der Waals surface area contributed by atoms with Crippen LogP contribution in [0, 0.1) is 0 Å². The molecule has 0 fully saturated rings. The first-order valence-corrected chi connectivity index (χ1v) is 9.88. The zero-order valence-electron chi connectivity index (χ0n) is 16.2. The number of hydrogen-bond acceptors (Lipinski definition) is 4. The predicted octanol–water partition coefficient (Wildman–Crippen LogP) is 4.88. The minimum Gasteiger partial charge on any atom is -0.493 e. The fourth-order valence-corrected chi connectivity index (χ4v) is 3.37. The van der Waals surface area contributed by atoms with Crippen molar-refractivity contribution >= 4 is 22.0 Å². The highest BCUT2D eigenvalue weighted by molar-refractivity contribution is 9.09. The molecule has 5 nitrogen and oxygen atoms in total. The number of benzene rings is 1. The van der Waals surface area contributed by atoms with Gasteiger partial charge < -0.3 is 19.1 Å². The van der Waals surface area contributed by atoms with Crippen molar-refractivity contribution < 1.29 is 19.0 Å². The molecule has 1 unspecified atom stereocenters. The van der Waals surface area contributed by atoms with Gasteiger partial charge in [-0.25, -0.2) is 4.79 Å². The Morgan fingerprint density at radius 2 is 1.88 bits per heavy atom. The first-order valence-electron chi connectivity index (χ1n) is 8.76. The van der Waals surface area contributed by atoms with Gasteiger partial charge in [0.1, 0.15) is 5.60 Å². The van der Waals surface area contributed by atoms with Crippen LogP contribution in [-0.2, 0) is 11.2 Å². The third kappa shape index (κ3) is 4.93. The van der Waals surface area contributed by atoms with Gasteiger partial charge in [-0.3, -0.25) is 0 Å². The Bertz CT molecular complexity index is 667. The second kappa shape index (κ2) is 8.80. The summed E-state index contributed by atoms with van der Waals surface area (Å²) in [7, 11) is 3.26. The van der Waals surface area contributed by atoms with Gasteiger partial charge in [-0.15, -0.1) is 0 Å². The maximum absolute atomic E-state index is 12.8. The number of carbonyl (C=O) groups is 1. The van der Waals surface area contributed by atoms with Crippen molar-refractivity contribution in [2.75, 3.05) is 26.1 Å². The average Bonchev–Trinajstić information content (AvgIpc) is 2.59. The highest BCUT2D eigenvalue weighted by atomic mass is 79.9. The molecule has 1 aliphatic rings. The maximum atomic E-state index is 12.8. The van der Waals surface area contributed by atoms with Gasteiger partial charge in [-0.2, -0.15) is 0 Å². The van der Waals surface area contributed by atoms with E-state index in [0.717, 1.165) is 17.3 Å². The molecule has 1 amide bonds. The lowest BCUT2D eigenvalue weighted by Gasteiger charge is -2.38. The van der Waals surface area contributed by atoms with Crippen molar-refractivity contribution in [1.29, 1.82) is 0 Å². The van der Waals surface area contributed by atoms with Crippen LogP contribution < -0.4 is 9.47 Å². The zero-order chi connectivity index (χ0) is 19.3. The third-order valence-corrected chi connectivity index (χ3v) is 4.62. The number of fused-ring (bicyclic) bond motifs is 1. The molecule has 0 N–H and O–H groups in total. The van der Waals surface area contributed by atoms with Gasteiger partial charge in [0.2, 0.25) is 0 Å². The topological polar surface area (TPSA) is 48.0 Å². The molecule has 2 rings (SSSR count). The second-order valence-corrected chi connectivity index (χ2v) is 7.85. The van der Waals surface area contributed by atoms with E-state index in [9.17, 15) is 4.79 Å². The molecule has 1 atom stereocenters. The molecule has 0 aliphatic carbocycles. The molecular weight excluding hydrogens is 398 g/mol. The summed E-state index contributed by atoms with van der Waals surface area (Å²) in [6, 6.07) is 3.91. The van der Waals surface area contributed by atoms with Gasteiger partial charge in [0.05, 0.1) is 20.3 Å². The Balaban J connectivity index is 2.41. The molecule has 26 heavy (non-hydrogen) atoms. The van der Waals surface area contributed by atoms with Gasteiger partial charge in [-0.1, -0.05) is 28.1 Å². The first kappa shape index (κ1) is 20.6. The van der Waals surface area contributed by atoms with Crippen molar-refractivity contribution in [1.82, 2.24) is 4.90 Å². The zero-order valence-corrected chi connectivity index (χ0v) is 17.8. The van der Waals surface area contributed by atoms with Crippen LogP contribution in [0.25, 0.3) is 0 Å². The summed E-state index contributed by atoms with van der Waals surface area (Å²) in [5, 5.41) is 0.783. The molecule has 1 aliphatic heterocycles. The van der Waals surface area contributed by atoms with Gasteiger partial charge in [0.15, 0.2) is 11.5 Å². The molecule has 0 saturated heterocycles. The minimum atomic E-state index is -0.523. The standard InChI is InChI=1S/C20H28BrNO4/c1-20(2,3)26-19(23)22-11-9-14-12-17(24-4)18(25-5)13-15(14)16(22)8-6-7-10-21/h6-7,12-13,16H,8-11H2,1-5H3/b7-6+. The highest BCUT2D eigenvalue weighted by Crippen LogP contribution is 2.40. The third-order valence-electron chi connectivity index (χ3n) is 4.25. The summed E-state index contributed by atoms with van der Waals surface area (Å²) < 4.78 is 16.5. The predicted molar refractivity (Wildman–Crippen MR) is 106 cm³/mol. The maximum Gasteiger partial charge on any atom is 0.410 e. The first-order chi connectivity index (χ1) is 12.3. The molecule has 0 spiro atoms. The summed E-state index contributed by atoms with van der Waals surface area (Å²) in [5.74, 6) is 1.39. The van der Waals surface area contributed by atoms with Crippen LogP contribution in [0.15, 0.2) is 24.3 Å². The molecule has 0 radical (unpaired) electrons. The van der Waals surface area contributed by atoms with Gasteiger partial charge in [0.25, 0.3) is 0 Å². The van der Waals surface area contributed by atoms with Gasteiger partial charge >= 0.3 is 6.09 Å². The van der Waals surface area contributed by atoms with E-state index >= 15 is 0 Å². The summed E-state index contributed by atoms with van der Waals surface area (Å²) in [4.78, 5) is 14.6. The van der Waals surface area contributed by atoms with Crippen LogP contribution >= 0.6 is 15.9 Å². The Morgan fingerprint density at radius 1 is 1.23 bits per heavy atom. The van der Waals surface area contributed by atoms with Crippen LogP contribution in [0.1, 0.15) is 44.4 Å². The van der Waals surface area contributed by atoms with Crippen LogP contribution in [0.5, 0.6) is 11.5 Å². The lowest BCUT2D eigenvalue weighted by Crippen LogP contribution is -2.43. The number of allylic oxidation sites excluding steroid dienone is 1. The Labute approximate surface area is 164 Å². The van der Waals surface area contributed by atoms with E-state index in [4.69, 9.17) is 14.2 Å². The lowest BCUT2D eigenvalue weighted by molar-refractivity contribution is 0.0143. The van der Waals surface area contributed by atoms with Crippen molar-refractivity contribution in [3.05, 3.63) is 35.4 Å². The number of hydrogen-bond donors (Lipinski definition) is 0. The van der Waals surface area contributed by atoms with E-state index < -0.39 is 5.60 Å². The number of amides is 1. The number of rotatable bonds is 5. The van der Waals surface area contributed by atoms with E-state index in [0.29, 0.717) is 24.5 Å². The van der Waals surface area contributed by atoms with E-state index in [2.05, 4.69) is 22.0 Å². The van der Waals surface area contributed by atoms with E-state index in [1.165, 1.54) is 5.56 Å². The SMILES string of the molecule is COc1cc2c(cc1OC)C(C/C=C/CBr)N(C(=O)OC(C)(C)C)CC2. The molecule has 1 aromatic rings. The van der Waals surface area contributed by atoms with E-state index in [1.54, 1.807) is 14.2 Å². The fraction of sp³-hybridized carbons (Fsp3) is 0.550. The molecular formula is C20H28BrNO4. The summed E-state index contributed by atoms with van der Waals surface area (Å²) in [6.07, 6.45) is 5.32. The van der Waals surface area contributed by atoms with Crippen LogP contribution in [0.4, 0.5) is 4.79 Å². The van der Waals surface area contributed by atoms with Crippen molar-refractivity contribution in [3.63, 3.8) is 0 Å². The quantitative estimate of drug-likeness (QED) is 0.498. The van der Waals surface area contributed by atoms with Crippen molar-refractivity contribution in [2.45, 2.75) is 45.3 Å². The fourth-order valence-electron chi connectivity index (χ4n) is 3.11. The number of alkyl halides is 1. The Hall–Kier alpha value is -1.69. The van der Waals surface area contributed by atoms with E-state index in [1.807, 2.05) is 43.9 Å². The molecule has 1 heterocycles. The number of ether oxygens (including phenoxy) is 3. The normalized spacial score (nSPS) is 17.2. The molecule has 0 saturated carbocycles. The van der Waals surface area contributed by atoms with Gasteiger partial charge in [-0.05, 0) is 56.9 Å². The molecule has 1 aromatic carbocycles. The molecule has 6 heteroatoms. The van der Waals surface area contributed by atoms with Crippen LogP contribution in [0.2, 0.25) is 0 Å². The van der Waals surface area contributed by atoms with Crippen molar-refractivity contribution in [3.8, 4) is 11.5 Å². The Kier molecular flexibility index (Phi) is 6.98. The minimum absolute atomic E-state index is 0.0938. The molecule has 144 valence electrons. The average molecular weight is 426 g/mol. The number of carbonyl (C=O) groups excluding carboxylic acids is 1. The van der Waals surface area contributed by atoms with Crippen molar-refractivity contribution in [2.24, 2.45) is 0 Å². The van der Waals surface area contributed by atoms with Gasteiger partial charge in [0, 0.05) is 11.9 Å². The van der Waals surface area contributed by atoms with E-state index in [-0.39, 0.29) is 12.1 Å². The van der Waals surface area contributed by atoms with Crippen LogP contribution in [0.3, 0.4) is 0 Å². The second-order valence-electron chi connectivity index (χ2n) is 7.21. The molecule has 0 aromatic heterocycles.